The summed E-state index contributed by atoms with van der Waals surface area (Å²) in [6.45, 7) is 4.22. The Morgan fingerprint density at radius 3 is 3.00 bits per heavy atom. The topological polar surface area (TPSA) is 67.2 Å². The van der Waals surface area contributed by atoms with Crippen LogP contribution in [0, 0.1) is 0 Å². The van der Waals surface area contributed by atoms with Crippen LogP contribution in [0.1, 0.15) is 5.56 Å². The number of methoxy groups -OCH3 is 1. The van der Waals surface area contributed by atoms with E-state index in [1.807, 2.05) is 0 Å². The second-order valence-electron chi connectivity index (χ2n) is 2.96. The lowest BCUT2D eigenvalue weighted by molar-refractivity contribution is 0.357. The Kier molecular flexibility index (Phi) is 4.76. The SMILES string of the molecule is C=CCOc1ccc(OC)cc1CN=[N+]=[N-]. The van der Waals surface area contributed by atoms with Gasteiger partial charge in [-0.2, -0.15) is 0 Å². The summed E-state index contributed by atoms with van der Waals surface area (Å²) >= 11 is 0. The molecule has 16 heavy (non-hydrogen) atoms. The van der Waals surface area contributed by atoms with E-state index in [4.69, 9.17) is 15.0 Å². The third-order valence-corrected chi connectivity index (χ3v) is 1.93. The standard InChI is InChI=1S/C11H13N3O2/c1-3-6-16-11-5-4-10(15-2)7-9(11)8-13-14-12/h3-5,7H,1,6,8H2,2H3. The summed E-state index contributed by atoms with van der Waals surface area (Å²) in [5.41, 5.74) is 9.08. The lowest BCUT2D eigenvalue weighted by Crippen LogP contribution is -1.97. The van der Waals surface area contributed by atoms with Crippen LogP contribution < -0.4 is 9.47 Å². The van der Waals surface area contributed by atoms with E-state index < -0.39 is 0 Å². The normalized spacial score (nSPS) is 9.06. The first-order valence-corrected chi connectivity index (χ1v) is 4.73. The van der Waals surface area contributed by atoms with E-state index in [1.165, 1.54) is 0 Å². The number of benzene rings is 1. The predicted octanol–water partition coefficient (Wildman–Crippen LogP) is 3.07. The molecule has 0 aliphatic carbocycles. The summed E-state index contributed by atoms with van der Waals surface area (Å²) in [6, 6.07) is 5.36. The first-order valence-electron chi connectivity index (χ1n) is 4.73. The Balaban J connectivity index is 2.94. The highest BCUT2D eigenvalue weighted by atomic mass is 16.5. The van der Waals surface area contributed by atoms with Crippen LogP contribution in [0.3, 0.4) is 0 Å². The monoisotopic (exact) mass is 219 g/mol. The molecule has 0 saturated carbocycles. The van der Waals surface area contributed by atoms with Crippen molar-refractivity contribution in [3.63, 3.8) is 0 Å². The average Bonchev–Trinajstić information content (AvgIpc) is 2.34. The van der Waals surface area contributed by atoms with Gasteiger partial charge in [0.1, 0.15) is 18.1 Å². The number of hydrogen-bond donors (Lipinski definition) is 0. The van der Waals surface area contributed by atoms with Gasteiger partial charge in [-0.15, -0.1) is 0 Å². The van der Waals surface area contributed by atoms with Gasteiger partial charge in [-0.05, 0) is 23.7 Å². The smallest absolute Gasteiger partial charge is 0.123 e. The molecular weight excluding hydrogens is 206 g/mol. The van der Waals surface area contributed by atoms with Gasteiger partial charge in [0.2, 0.25) is 0 Å². The molecule has 0 unspecified atom stereocenters. The second kappa shape index (κ2) is 6.37. The molecule has 0 bridgehead atoms. The minimum Gasteiger partial charge on any atom is -0.497 e. The number of hydrogen-bond acceptors (Lipinski definition) is 3. The molecule has 5 heteroatoms. The molecule has 0 atom stereocenters. The molecule has 0 N–H and O–H groups in total. The quantitative estimate of drug-likeness (QED) is 0.319. The minimum atomic E-state index is 0.236. The fourth-order valence-electron chi connectivity index (χ4n) is 1.20. The fourth-order valence-corrected chi connectivity index (χ4v) is 1.20. The number of azide groups is 1. The van der Waals surface area contributed by atoms with E-state index in [1.54, 1.807) is 31.4 Å². The molecule has 0 aliphatic rings. The molecule has 0 saturated heterocycles. The zero-order valence-electron chi connectivity index (χ0n) is 9.09. The highest BCUT2D eigenvalue weighted by Crippen LogP contribution is 2.25. The van der Waals surface area contributed by atoms with E-state index in [-0.39, 0.29) is 6.54 Å². The van der Waals surface area contributed by atoms with E-state index in [0.29, 0.717) is 18.1 Å². The third kappa shape index (κ3) is 3.22. The molecule has 0 aliphatic heterocycles. The maximum absolute atomic E-state index is 8.29. The van der Waals surface area contributed by atoms with E-state index in [0.717, 1.165) is 5.56 Å². The van der Waals surface area contributed by atoms with Crippen molar-refractivity contribution in [1.82, 2.24) is 0 Å². The molecule has 0 heterocycles. The lowest BCUT2D eigenvalue weighted by Gasteiger charge is -2.10. The molecule has 0 spiro atoms. The summed E-state index contributed by atoms with van der Waals surface area (Å²) in [6.07, 6.45) is 1.65. The van der Waals surface area contributed by atoms with Crippen LogP contribution in [0.4, 0.5) is 0 Å². The number of nitrogens with zero attached hydrogens (tertiary/aromatic N) is 3. The summed E-state index contributed by atoms with van der Waals surface area (Å²) in [5.74, 6) is 1.38. The van der Waals surface area contributed by atoms with Gasteiger partial charge in [0, 0.05) is 10.5 Å². The van der Waals surface area contributed by atoms with Crippen molar-refractivity contribution in [2.45, 2.75) is 6.54 Å². The van der Waals surface area contributed by atoms with Gasteiger partial charge >= 0.3 is 0 Å². The number of ether oxygens (including phenoxy) is 2. The fraction of sp³-hybridized carbons (Fsp3) is 0.273. The predicted molar refractivity (Wildman–Crippen MR) is 61.5 cm³/mol. The van der Waals surface area contributed by atoms with Crippen molar-refractivity contribution in [3.8, 4) is 11.5 Å². The Bertz CT molecular complexity index is 412. The van der Waals surface area contributed by atoms with Crippen molar-refractivity contribution < 1.29 is 9.47 Å². The van der Waals surface area contributed by atoms with Gasteiger partial charge in [0.25, 0.3) is 0 Å². The first-order chi connectivity index (χ1) is 7.81. The molecule has 0 amide bonds. The Labute approximate surface area is 93.9 Å². The molecule has 84 valence electrons. The molecule has 1 aromatic carbocycles. The average molecular weight is 219 g/mol. The summed E-state index contributed by atoms with van der Waals surface area (Å²) in [5, 5.41) is 3.51. The summed E-state index contributed by atoms with van der Waals surface area (Å²) in [4.78, 5) is 2.72. The van der Waals surface area contributed by atoms with Crippen molar-refractivity contribution >= 4 is 0 Å². The third-order valence-electron chi connectivity index (χ3n) is 1.93. The maximum atomic E-state index is 8.29. The van der Waals surface area contributed by atoms with Crippen LogP contribution in [-0.4, -0.2) is 13.7 Å². The number of rotatable bonds is 6. The van der Waals surface area contributed by atoms with Crippen molar-refractivity contribution in [1.29, 1.82) is 0 Å². The molecule has 0 radical (unpaired) electrons. The van der Waals surface area contributed by atoms with Crippen molar-refractivity contribution in [2.75, 3.05) is 13.7 Å². The zero-order valence-corrected chi connectivity index (χ0v) is 9.09. The Morgan fingerprint density at radius 2 is 2.38 bits per heavy atom. The molecule has 5 nitrogen and oxygen atoms in total. The van der Waals surface area contributed by atoms with Crippen LogP contribution in [-0.2, 0) is 6.54 Å². The van der Waals surface area contributed by atoms with Crippen LogP contribution in [0.15, 0.2) is 36.0 Å². The molecular formula is C11H13N3O2. The Morgan fingerprint density at radius 1 is 1.56 bits per heavy atom. The van der Waals surface area contributed by atoms with E-state index >= 15 is 0 Å². The largest absolute Gasteiger partial charge is 0.497 e. The van der Waals surface area contributed by atoms with Crippen LogP contribution in [0.2, 0.25) is 0 Å². The zero-order chi connectivity index (χ0) is 11.8. The minimum absolute atomic E-state index is 0.236. The van der Waals surface area contributed by atoms with Crippen molar-refractivity contribution in [3.05, 3.63) is 46.9 Å². The van der Waals surface area contributed by atoms with Crippen LogP contribution >= 0.6 is 0 Å². The van der Waals surface area contributed by atoms with E-state index in [9.17, 15) is 0 Å². The maximum Gasteiger partial charge on any atom is 0.123 e. The molecule has 0 aromatic heterocycles. The second-order valence-corrected chi connectivity index (χ2v) is 2.96. The lowest BCUT2D eigenvalue weighted by atomic mass is 10.2. The first kappa shape index (κ1) is 11.9. The van der Waals surface area contributed by atoms with Gasteiger partial charge in [0.15, 0.2) is 0 Å². The molecule has 1 aromatic rings. The van der Waals surface area contributed by atoms with Gasteiger partial charge in [-0.25, -0.2) is 0 Å². The Hall–Kier alpha value is -2.13. The van der Waals surface area contributed by atoms with Crippen molar-refractivity contribution in [2.24, 2.45) is 5.11 Å². The summed E-state index contributed by atoms with van der Waals surface area (Å²) in [7, 11) is 1.58. The van der Waals surface area contributed by atoms with Gasteiger partial charge < -0.3 is 9.47 Å². The summed E-state index contributed by atoms with van der Waals surface area (Å²) < 4.78 is 10.5. The molecule has 0 fully saturated rings. The molecule has 1 rings (SSSR count). The van der Waals surface area contributed by atoms with Crippen LogP contribution in [0.5, 0.6) is 11.5 Å². The van der Waals surface area contributed by atoms with E-state index in [2.05, 4.69) is 16.6 Å². The van der Waals surface area contributed by atoms with Gasteiger partial charge in [-0.3, -0.25) is 0 Å². The highest BCUT2D eigenvalue weighted by Gasteiger charge is 2.04. The van der Waals surface area contributed by atoms with Gasteiger partial charge in [0.05, 0.1) is 13.7 Å². The van der Waals surface area contributed by atoms with Gasteiger partial charge in [-0.1, -0.05) is 17.8 Å². The van der Waals surface area contributed by atoms with Crippen LogP contribution in [0.25, 0.3) is 10.4 Å². The highest BCUT2D eigenvalue weighted by molar-refractivity contribution is 5.40.